The number of aromatic carboxylic acids is 1. The molecule has 0 atom stereocenters. The number of hydrogen-bond acceptors (Lipinski definition) is 3. The number of carbonyl (C=O) groups is 1. The van der Waals surface area contributed by atoms with Crippen LogP contribution in [0.15, 0.2) is 71.2 Å². The number of carboxylic acids is 1. The fourth-order valence-corrected chi connectivity index (χ4v) is 2.99. The Kier molecular flexibility index (Phi) is 6.37. The van der Waals surface area contributed by atoms with Crippen molar-refractivity contribution in [3.05, 3.63) is 92.9 Å². The summed E-state index contributed by atoms with van der Waals surface area (Å²) in [6.07, 6.45) is 0. The molecule has 0 bridgehead atoms. The molecule has 0 saturated heterocycles. The molecule has 0 fully saturated rings. The monoisotopic (exact) mass is 445 g/mol. The van der Waals surface area contributed by atoms with Crippen LogP contribution in [0.5, 0.6) is 5.75 Å². The average molecular weight is 447 g/mol. The molecule has 0 saturated carbocycles. The fourth-order valence-electron chi connectivity index (χ4n) is 2.53. The summed E-state index contributed by atoms with van der Waals surface area (Å²) in [5, 5.41) is 12.9. The topological polar surface area (TPSA) is 58.6 Å². The molecular formula is C21H17BrClNO3. The van der Waals surface area contributed by atoms with E-state index in [9.17, 15) is 4.79 Å². The molecule has 138 valence electrons. The first-order valence-corrected chi connectivity index (χ1v) is 9.41. The first kappa shape index (κ1) is 19.3. The highest BCUT2D eigenvalue weighted by atomic mass is 79.9. The molecule has 0 heterocycles. The summed E-state index contributed by atoms with van der Waals surface area (Å²) in [6.45, 7) is 0.899. The van der Waals surface area contributed by atoms with Crippen LogP contribution < -0.4 is 10.1 Å². The molecule has 6 heteroatoms. The number of rotatable bonds is 7. The minimum atomic E-state index is -0.958. The molecule has 0 aliphatic heterocycles. The largest absolute Gasteiger partial charge is 0.489 e. The van der Waals surface area contributed by atoms with Crippen LogP contribution in [0.2, 0.25) is 5.02 Å². The Bertz CT molecular complexity index is 944. The molecule has 0 unspecified atom stereocenters. The molecule has 3 aromatic carbocycles. The minimum Gasteiger partial charge on any atom is -0.489 e. The zero-order valence-electron chi connectivity index (χ0n) is 14.3. The van der Waals surface area contributed by atoms with E-state index in [4.69, 9.17) is 21.4 Å². The Balaban J connectivity index is 1.71. The molecule has 3 aromatic rings. The molecule has 27 heavy (non-hydrogen) atoms. The van der Waals surface area contributed by atoms with E-state index in [0.29, 0.717) is 23.9 Å². The van der Waals surface area contributed by atoms with E-state index in [2.05, 4.69) is 21.2 Å². The Hall–Kier alpha value is -2.50. The zero-order valence-corrected chi connectivity index (χ0v) is 16.6. The summed E-state index contributed by atoms with van der Waals surface area (Å²) >= 11 is 9.55. The lowest BCUT2D eigenvalue weighted by Crippen LogP contribution is -2.05. The highest BCUT2D eigenvalue weighted by molar-refractivity contribution is 9.10. The van der Waals surface area contributed by atoms with Crippen LogP contribution in [-0.4, -0.2) is 11.1 Å². The molecule has 0 amide bonds. The molecule has 0 radical (unpaired) electrons. The van der Waals surface area contributed by atoms with Gasteiger partial charge in [0, 0.05) is 27.3 Å². The van der Waals surface area contributed by atoms with E-state index in [0.717, 1.165) is 21.3 Å². The maximum Gasteiger partial charge on any atom is 0.335 e. The van der Waals surface area contributed by atoms with Crippen molar-refractivity contribution in [3.8, 4) is 5.75 Å². The molecule has 0 aliphatic rings. The number of anilines is 1. The van der Waals surface area contributed by atoms with E-state index >= 15 is 0 Å². The van der Waals surface area contributed by atoms with E-state index < -0.39 is 5.97 Å². The van der Waals surface area contributed by atoms with Gasteiger partial charge in [0.25, 0.3) is 0 Å². The van der Waals surface area contributed by atoms with Gasteiger partial charge in [-0.05, 0) is 54.1 Å². The number of hydrogen-bond donors (Lipinski definition) is 2. The third kappa shape index (κ3) is 5.49. The summed E-state index contributed by atoms with van der Waals surface area (Å²) in [5.41, 5.74) is 2.90. The van der Waals surface area contributed by atoms with Gasteiger partial charge in [-0.3, -0.25) is 0 Å². The van der Waals surface area contributed by atoms with Gasteiger partial charge in [0.1, 0.15) is 12.4 Å². The van der Waals surface area contributed by atoms with Gasteiger partial charge in [-0.15, -0.1) is 0 Å². The van der Waals surface area contributed by atoms with Gasteiger partial charge in [0.05, 0.1) is 5.56 Å². The smallest absolute Gasteiger partial charge is 0.335 e. The lowest BCUT2D eigenvalue weighted by Gasteiger charge is -2.14. The molecule has 4 nitrogen and oxygen atoms in total. The maximum atomic E-state index is 11.1. The van der Waals surface area contributed by atoms with Gasteiger partial charge >= 0.3 is 5.97 Å². The van der Waals surface area contributed by atoms with Gasteiger partial charge in [-0.25, -0.2) is 4.79 Å². The van der Waals surface area contributed by atoms with E-state index in [1.165, 1.54) is 0 Å². The second kappa shape index (κ2) is 8.93. The quantitative estimate of drug-likeness (QED) is 0.468. The van der Waals surface area contributed by atoms with E-state index in [1.807, 2.05) is 42.5 Å². The Morgan fingerprint density at radius 2 is 1.85 bits per heavy atom. The number of halogens is 2. The third-order valence-electron chi connectivity index (χ3n) is 3.92. The Morgan fingerprint density at radius 1 is 1.07 bits per heavy atom. The summed E-state index contributed by atoms with van der Waals surface area (Å²) in [5.74, 6) is -0.232. The predicted octanol–water partition coefficient (Wildman–Crippen LogP) is 5.99. The minimum absolute atomic E-state index is 0.234. The average Bonchev–Trinajstić information content (AvgIpc) is 2.67. The van der Waals surface area contributed by atoms with Crippen molar-refractivity contribution in [2.45, 2.75) is 13.2 Å². The van der Waals surface area contributed by atoms with Crippen LogP contribution in [0.25, 0.3) is 0 Å². The number of ether oxygens (including phenoxy) is 1. The zero-order chi connectivity index (χ0) is 19.2. The summed E-state index contributed by atoms with van der Waals surface area (Å²) in [4.78, 5) is 11.1. The molecular weight excluding hydrogens is 430 g/mol. The lowest BCUT2D eigenvalue weighted by atomic mass is 10.1. The third-order valence-corrected chi connectivity index (χ3v) is 4.69. The second-order valence-electron chi connectivity index (χ2n) is 5.91. The molecule has 0 aliphatic carbocycles. The highest BCUT2D eigenvalue weighted by Gasteiger charge is 2.07. The first-order chi connectivity index (χ1) is 13.0. The van der Waals surface area contributed by atoms with Gasteiger partial charge in [-0.1, -0.05) is 45.7 Å². The van der Waals surface area contributed by atoms with Crippen molar-refractivity contribution in [1.82, 2.24) is 0 Å². The second-order valence-corrected chi connectivity index (χ2v) is 7.26. The number of nitrogens with one attached hydrogen (secondary N) is 1. The van der Waals surface area contributed by atoms with Gasteiger partial charge in [0.15, 0.2) is 0 Å². The van der Waals surface area contributed by atoms with Crippen molar-refractivity contribution in [3.63, 3.8) is 0 Å². The SMILES string of the molecule is O=C(O)c1cccc(NCc2cc(Cl)ccc2OCc2ccc(Br)cc2)c1. The molecule has 2 N–H and O–H groups in total. The van der Waals surface area contributed by atoms with Crippen LogP contribution in [-0.2, 0) is 13.2 Å². The van der Waals surface area contributed by atoms with E-state index in [-0.39, 0.29) is 5.56 Å². The van der Waals surface area contributed by atoms with Crippen molar-refractivity contribution in [2.75, 3.05) is 5.32 Å². The van der Waals surface area contributed by atoms with Crippen molar-refractivity contribution in [2.24, 2.45) is 0 Å². The molecule has 3 rings (SSSR count). The number of benzene rings is 3. The van der Waals surface area contributed by atoms with Crippen LogP contribution in [0.4, 0.5) is 5.69 Å². The fraction of sp³-hybridized carbons (Fsp3) is 0.0952. The number of carboxylic acid groups (broad SMARTS) is 1. The van der Waals surface area contributed by atoms with Crippen molar-refractivity contribution >= 4 is 39.2 Å². The van der Waals surface area contributed by atoms with Crippen LogP contribution >= 0.6 is 27.5 Å². The van der Waals surface area contributed by atoms with Gasteiger partial charge in [-0.2, -0.15) is 0 Å². The summed E-state index contributed by atoms with van der Waals surface area (Å²) < 4.78 is 6.98. The molecule has 0 spiro atoms. The lowest BCUT2D eigenvalue weighted by molar-refractivity contribution is 0.0697. The predicted molar refractivity (Wildman–Crippen MR) is 111 cm³/mol. The highest BCUT2D eigenvalue weighted by Crippen LogP contribution is 2.25. The first-order valence-electron chi connectivity index (χ1n) is 8.24. The summed E-state index contributed by atoms with van der Waals surface area (Å²) in [6, 6.07) is 20.1. The van der Waals surface area contributed by atoms with Crippen molar-refractivity contribution in [1.29, 1.82) is 0 Å². The Morgan fingerprint density at radius 3 is 2.59 bits per heavy atom. The Labute approximate surface area is 170 Å². The van der Waals surface area contributed by atoms with E-state index in [1.54, 1.807) is 24.3 Å². The molecule has 0 aromatic heterocycles. The normalized spacial score (nSPS) is 10.4. The van der Waals surface area contributed by atoms with Crippen LogP contribution in [0.1, 0.15) is 21.5 Å². The van der Waals surface area contributed by atoms with Gasteiger partial charge < -0.3 is 15.2 Å². The standard InChI is InChI=1S/C21H17BrClNO3/c22-17-6-4-14(5-7-17)13-27-20-9-8-18(23)10-16(20)12-24-19-3-1-2-15(11-19)21(25)26/h1-11,24H,12-13H2,(H,25,26). The van der Waals surface area contributed by atoms with Gasteiger partial charge in [0.2, 0.25) is 0 Å². The van der Waals surface area contributed by atoms with Crippen molar-refractivity contribution < 1.29 is 14.6 Å². The maximum absolute atomic E-state index is 11.1. The van der Waals surface area contributed by atoms with Crippen LogP contribution in [0.3, 0.4) is 0 Å². The van der Waals surface area contributed by atoms with Crippen LogP contribution in [0, 0.1) is 0 Å². The summed E-state index contributed by atoms with van der Waals surface area (Å²) in [7, 11) is 0.